The molecule has 0 aliphatic carbocycles. The van der Waals surface area contributed by atoms with E-state index in [0.717, 1.165) is 23.4 Å². The molecule has 0 aromatic heterocycles. The lowest BCUT2D eigenvalue weighted by Gasteiger charge is -2.09. The molecule has 1 rings (SSSR count). The summed E-state index contributed by atoms with van der Waals surface area (Å²) >= 11 is 0. The molecule has 0 atom stereocenters. The first-order chi connectivity index (χ1) is 8.19. The molecule has 0 saturated heterocycles. The summed E-state index contributed by atoms with van der Waals surface area (Å²) in [5.41, 5.74) is 3.60. The van der Waals surface area contributed by atoms with Gasteiger partial charge in [0.1, 0.15) is 6.07 Å². The van der Waals surface area contributed by atoms with E-state index in [2.05, 4.69) is 24.4 Å². The number of hydrogen-bond donors (Lipinski definition) is 1. The summed E-state index contributed by atoms with van der Waals surface area (Å²) in [5.74, 6) is 0. The lowest BCUT2D eigenvalue weighted by Crippen LogP contribution is -2.09. The highest BCUT2D eigenvalue weighted by atomic mass is 14.9. The van der Waals surface area contributed by atoms with Gasteiger partial charge in [0.15, 0.2) is 0 Å². The third-order valence-electron chi connectivity index (χ3n) is 2.44. The maximum absolute atomic E-state index is 9.23. The second-order valence-corrected chi connectivity index (χ2v) is 3.90. The van der Waals surface area contributed by atoms with Gasteiger partial charge in [0.25, 0.3) is 0 Å². The Balaban J connectivity index is 3.01. The minimum atomic E-state index is 0.689. The van der Waals surface area contributed by atoms with Gasteiger partial charge in [-0.2, -0.15) is 5.26 Å². The third kappa shape index (κ3) is 3.81. The smallest absolute Gasteiger partial charge is 0.102 e. The van der Waals surface area contributed by atoms with E-state index >= 15 is 0 Å². The summed E-state index contributed by atoms with van der Waals surface area (Å²) < 4.78 is 0. The van der Waals surface area contributed by atoms with E-state index in [9.17, 15) is 5.26 Å². The second-order valence-electron chi connectivity index (χ2n) is 3.90. The molecule has 0 spiro atoms. The minimum Gasteiger partial charge on any atom is -0.362 e. The first-order valence-electron chi connectivity index (χ1n) is 5.79. The van der Waals surface area contributed by atoms with Crippen LogP contribution in [-0.4, -0.2) is 0 Å². The molecule has 0 fully saturated rings. The molecular formula is C15H18N2. The van der Waals surface area contributed by atoms with E-state index in [0.29, 0.717) is 5.57 Å². The van der Waals surface area contributed by atoms with Crippen LogP contribution in [0.25, 0.3) is 5.57 Å². The van der Waals surface area contributed by atoms with Crippen LogP contribution >= 0.6 is 0 Å². The van der Waals surface area contributed by atoms with Gasteiger partial charge in [0.2, 0.25) is 0 Å². The highest BCUT2D eigenvalue weighted by molar-refractivity contribution is 5.78. The Morgan fingerprint density at radius 2 is 1.94 bits per heavy atom. The zero-order valence-corrected chi connectivity index (χ0v) is 10.6. The first-order valence-corrected chi connectivity index (χ1v) is 5.79. The molecule has 1 aromatic carbocycles. The van der Waals surface area contributed by atoms with Gasteiger partial charge in [-0.15, -0.1) is 0 Å². The molecule has 0 unspecified atom stereocenters. The van der Waals surface area contributed by atoms with Crippen molar-refractivity contribution in [3.63, 3.8) is 0 Å². The molecule has 0 saturated carbocycles. The fourth-order valence-corrected chi connectivity index (χ4v) is 1.69. The molecule has 17 heavy (non-hydrogen) atoms. The summed E-state index contributed by atoms with van der Waals surface area (Å²) in [4.78, 5) is 0. The highest BCUT2D eigenvalue weighted by Crippen LogP contribution is 2.16. The van der Waals surface area contributed by atoms with Crippen LogP contribution in [0.1, 0.15) is 32.8 Å². The van der Waals surface area contributed by atoms with Gasteiger partial charge >= 0.3 is 0 Å². The fraction of sp³-hybridized carbons (Fsp3) is 0.267. The van der Waals surface area contributed by atoms with Crippen molar-refractivity contribution < 1.29 is 0 Å². The number of nitriles is 1. The SMILES string of the molecule is CC/C=C(/C)N/C(C)=C(\C#N)c1ccccc1. The summed E-state index contributed by atoms with van der Waals surface area (Å²) in [6.45, 7) is 6.03. The Labute approximate surface area is 103 Å². The molecule has 0 amide bonds. The predicted molar refractivity (Wildman–Crippen MR) is 71.8 cm³/mol. The van der Waals surface area contributed by atoms with Gasteiger partial charge in [-0.3, -0.25) is 0 Å². The van der Waals surface area contributed by atoms with Gasteiger partial charge in [0, 0.05) is 11.4 Å². The summed E-state index contributed by atoms with van der Waals surface area (Å²) in [7, 11) is 0. The van der Waals surface area contributed by atoms with Crippen LogP contribution in [0.3, 0.4) is 0 Å². The molecule has 0 aliphatic heterocycles. The fourth-order valence-electron chi connectivity index (χ4n) is 1.69. The highest BCUT2D eigenvalue weighted by Gasteiger charge is 2.04. The lowest BCUT2D eigenvalue weighted by atomic mass is 10.1. The van der Waals surface area contributed by atoms with Crippen LogP contribution < -0.4 is 5.32 Å². The average Bonchev–Trinajstić information content (AvgIpc) is 2.31. The van der Waals surface area contributed by atoms with Gasteiger partial charge < -0.3 is 5.32 Å². The predicted octanol–water partition coefficient (Wildman–Crippen LogP) is 3.84. The van der Waals surface area contributed by atoms with E-state index in [1.165, 1.54) is 0 Å². The van der Waals surface area contributed by atoms with Crippen molar-refractivity contribution in [2.24, 2.45) is 0 Å². The number of benzene rings is 1. The van der Waals surface area contributed by atoms with E-state index < -0.39 is 0 Å². The molecule has 2 heteroatoms. The quantitative estimate of drug-likeness (QED) is 0.792. The molecule has 88 valence electrons. The number of hydrogen-bond acceptors (Lipinski definition) is 2. The Morgan fingerprint density at radius 1 is 1.29 bits per heavy atom. The Hall–Kier alpha value is -2.01. The van der Waals surface area contributed by atoms with Gasteiger partial charge in [-0.1, -0.05) is 43.3 Å². The normalized spacial score (nSPS) is 12.7. The molecule has 0 bridgehead atoms. The van der Waals surface area contributed by atoms with Gasteiger partial charge in [0.05, 0.1) is 5.57 Å². The summed E-state index contributed by atoms with van der Waals surface area (Å²) in [6, 6.07) is 12.0. The van der Waals surface area contributed by atoms with Crippen LogP contribution in [0.5, 0.6) is 0 Å². The minimum absolute atomic E-state index is 0.689. The zero-order valence-electron chi connectivity index (χ0n) is 10.6. The van der Waals surface area contributed by atoms with Gasteiger partial charge in [-0.05, 0) is 25.8 Å². The molecule has 0 aliphatic rings. The molecule has 1 aromatic rings. The standard InChI is InChI=1S/C15H18N2/c1-4-8-12(2)17-13(3)15(11-16)14-9-6-5-7-10-14/h5-10,17H,4H2,1-3H3/b12-8-,15-13+. The van der Waals surface area contributed by atoms with Crippen LogP contribution in [-0.2, 0) is 0 Å². The second kappa shape index (κ2) is 6.55. The molecule has 0 heterocycles. The number of nitrogens with one attached hydrogen (secondary N) is 1. The first kappa shape index (κ1) is 13.1. The van der Waals surface area contributed by atoms with Crippen LogP contribution in [0.4, 0.5) is 0 Å². The van der Waals surface area contributed by atoms with Crippen LogP contribution in [0.2, 0.25) is 0 Å². The molecule has 2 nitrogen and oxygen atoms in total. The van der Waals surface area contributed by atoms with Crippen molar-refractivity contribution in [2.75, 3.05) is 0 Å². The third-order valence-corrected chi connectivity index (χ3v) is 2.44. The van der Waals surface area contributed by atoms with E-state index in [-0.39, 0.29) is 0 Å². The molecular weight excluding hydrogens is 208 g/mol. The van der Waals surface area contributed by atoms with Gasteiger partial charge in [-0.25, -0.2) is 0 Å². The van der Waals surface area contributed by atoms with Crippen molar-refractivity contribution in [3.05, 3.63) is 53.4 Å². The van der Waals surface area contributed by atoms with Crippen molar-refractivity contribution in [3.8, 4) is 6.07 Å². The number of allylic oxidation sites excluding steroid dienone is 4. The Morgan fingerprint density at radius 3 is 2.47 bits per heavy atom. The number of nitrogens with zero attached hydrogens (tertiary/aromatic N) is 1. The zero-order chi connectivity index (χ0) is 12.7. The van der Waals surface area contributed by atoms with Crippen LogP contribution in [0.15, 0.2) is 47.8 Å². The summed E-state index contributed by atoms with van der Waals surface area (Å²) in [6.07, 6.45) is 3.09. The lowest BCUT2D eigenvalue weighted by molar-refractivity contribution is 0.953. The molecule has 1 N–H and O–H groups in total. The maximum Gasteiger partial charge on any atom is 0.102 e. The largest absolute Gasteiger partial charge is 0.362 e. The maximum atomic E-state index is 9.23. The monoisotopic (exact) mass is 226 g/mol. The van der Waals surface area contributed by atoms with Crippen molar-refractivity contribution in [1.82, 2.24) is 5.32 Å². The molecule has 0 radical (unpaired) electrons. The average molecular weight is 226 g/mol. The Bertz CT molecular complexity index is 461. The van der Waals surface area contributed by atoms with E-state index in [1.807, 2.05) is 44.2 Å². The Kier molecular flexibility index (Phi) is 5.03. The topological polar surface area (TPSA) is 35.8 Å². The van der Waals surface area contributed by atoms with E-state index in [1.54, 1.807) is 0 Å². The number of rotatable bonds is 4. The van der Waals surface area contributed by atoms with E-state index in [4.69, 9.17) is 0 Å². The van der Waals surface area contributed by atoms with Crippen molar-refractivity contribution in [2.45, 2.75) is 27.2 Å². The van der Waals surface area contributed by atoms with Crippen molar-refractivity contribution >= 4 is 5.57 Å². The summed E-state index contributed by atoms with van der Waals surface area (Å²) in [5, 5.41) is 12.5. The van der Waals surface area contributed by atoms with Crippen molar-refractivity contribution in [1.29, 1.82) is 5.26 Å². The van der Waals surface area contributed by atoms with Crippen LogP contribution in [0, 0.1) is 11.3 Å².